The second kappa shape index (κ2) is 5.69. The maximum atomic E-state index is 11.1. The van der Waals surface area contributed by atoms with Gasteiger partial charge in [0, 0.05) is 0 Å². The number of para-hydroxylation sites is 1. The number of benzene rings is 1. The lowest BCUT2D eigenvalue weighted by Crippen LogP contribution is -2.08. The summed E-state index contributed by atoms with van der Waals surface area (Å²) in [4.78, 5) is 19.9. The number of hydrogen-bond acceptors (Lipinski definition) is 4. The highest BCUT2D eigenvalue weighted by atomic mass is 16.5. The summed E-state index contributed by atoms with van der Waals surface area (Å²) < 4.78 is 5.58. The zero-order valence-electron chi connectivity index (χ0n) is 11.7. The van der Waals surface area contributed by atoms with Crippen LogP contribution in [-0.4, -0.2) is 21.0 Å². The smallest absolute Gasteiger partial charge is 0.339 e. The van der Waals surface area contributed by atoms with Crippen LogP contribution in [0.3, 0.4) is 0 Å². The van der Waals surface area contributed by atoms with E-state index in [4.69, 9.17) is 9.84 Å². The molecule has 0 saturated carbocycles. The molecule has 1 N–H and O–H groups in total. The average molecular weight is 272 g/mol. The van der Waals surface area contributed by atoms with Gasteiger partial charge in [-0.15, -0.1) is 0 Å². The molecule has 0 amide bonds. The van der Waals surface area contributed by atoms with Gasteiger partial charge < -0.3 is 9.84 Å². The summed E-state index contributed by atoms with van der Waals surface area (Å²) in [6.45, 7) is 5.85. The summed E-state index contributed by atoms with van der Waals surface area (Å²) in [5.41, 5.74) is 3.38. The minimum Gasteiger partial charge on any atom is -0.486 e. The number of hydrogen-bond donors (Lipinski definition) is 1. The van der Waals surface area contributed by atoms with E-state index in [1.165, 1.54) is 6.07 Å². The van der Waals surface area contributed by atoms with Crippen LogP contribution in [0.2, 0.25) is 0 Å². The lowest BCUT2D eigenvalue weighted by atomic mass is 10.2. The summed E-state index contributed by atoms with van der Waals surface area (Å²) in [6, 6.07) is 6.54. The van der Waals surface area contributed by atoms with E-state index < -0.39 is 5.97 Å². The number of aryl methyl sites for hydroxylation is 3. The molecule has 2 rings (SSSR count). The zero-order chi connectivity index (χ0) is 14.7. The second-order valence-electron chi connectivity index (χ2n) is 4.52. The molecule has 1 aromatic carbocycles. The zero-order valence-corrected chi connectivity index (χ0v) is 11.7. The van der Waals surface area contributed by atoms with E-state index in [0.717, 1.165) is 17.1 Å². The van der Waals surface area contributed by atoms with Crippen LogP contribution < -0.4 is 4.74 Å². The number of ether oxygens (including phenoxy) is 1. The van der Waals surface area contributed by atoms with Gasteiger partial charge in [0.15, 0.2) is 0 Å². The maximum Gasteiger partial charge on any atom is 0.339 e. The van der Waals surface area contributed by atoms with Crippen molar-refractivity contribution >= 4 is 5.97 Å². The van der Waals surface area contributed by atoms with Crippen molar-refractivity contribution in [3.8, 4) is 5.75 Å². The molecule has 0 atom stereocenters. The lowest BCUT2D eigenvalue weighted by Gasteiger charge is -2.11. The van der Waals surface area contributed by atoms with Gasteiger partial charge in [-0.25, -0.2) is 4.79 Å². The number of aromatic carboxylic acids is 1. The third-order valence-electron chi connectivity index (χ3n) is 3.06. The van der Waals surface area contributed by atoms with Crippen molar-refractivity contribution in [1.82, 2.24) is 9.97 Å². The Bertz CT molecular complexity index is 654. The molecular weight excluding hydrogens is 256 g/mol. The van der Waals surface area contributed by atoms with Gasteiger partial charge in [-0.05, 0) is 32.9 Å². The molecule has 1 heterocycles. The first-order valence-electron chi connectivity index (χ1n) is 6.25. The predicted molar refractivity (Wildman–Crippen MR) is 74.0 cm³/mol. The van der Waals surface area contributed by atoms with Crippen LogP contribution in [0.4, 0.5) is 0 Å². The topological polar surface area (TPSA) is 72.3 Å². The number of carboxylic acid groups (broad SMARTS) is 1. The van der Waals surface area contributed by atoms with Gasteiger partial charge >= 0.3 is 5.97 Å². The first-order chi connectivity index (χ1) is 9.49. The monoisotopic (exact) mass is 272 g/mol. The minimum absolute atomic E-state index is 0.141. The molecule has 0 saturated heterocycles. The van der Waals surface area contributed by atoms with Crippen molar-refractivity contribution in [2.45, 2.75) is 27.4 Å². The normalized spacial score (nSPS) is 10.3. The van der Waals surface area contributed by atoms with Crippen LogP contribution in [0.5, 0.6) is 5.75 Å². The van der Waals surface area contributed by atoms with E-state index >= 15 is 0 Å². The Morgan fingerprint density at radius 2 is 1.75 bits per heavy atom. The van der Waals surface area contributed by atoms with Crippen LogP contribution in [0, 0.1) is 20.8 Å². The minimum atomic E-state index is -1.01. The van der Waals surface area contributed by atoms with Gasteiger partial charge in [0.25, 0.3) is 0 Å². The fourth-order valence-corrected chi connectivity index (χ4v) is 1.81. The maximum absolute atomic E-state index is 11.1. The Kier molecular flexibility index (Phi) is 3.98. The third kappa shape index (κ3) is 2.93. The van der Waals surface area contributed by atoms with Gasteiger partial charge in [0.2, 0.25) is 0 Å². The second-order valence-corrected chi connectivity index (χ2v) is 4.52. The van der Waals surface area contributed by atoms with Crippen LogP contribution in [0.25, 0.3) is 0 Å². The Hall–Kier alpha value is -2.43. The Morgan fingerprint density at radius 1 is 1.10 bits per heavy atom. The van der Waals surface area contributed by atoms with Gasteiger partial charge in [-0.2, -0.15) is 0 Å². The number of carboxylic acids is 1. The summed E-state index contributed by atoms with van der Waals surface area (Å²) in [7, 11) is 0. The van der Waals surface area contributed by atoms with Gasteiger partial charge in [0.1, 0.15) is 17.9 Å². The largest absolute Gasteiger partial charge is 0.486 e. The molecule has 0 radical (unpaired) electrons. The fraction of sp³-hybridized carbons (Fsp3) is 0.267. The van der Waals surface area contributed by atoms with Crippen molar-refractivity contribution in [3.63, 3.8) is 0 Å². The molecule has 0 spiro atoms. The Balaban J connectivity index is 2.21. The first kappa shape index (κ1) is 14.0. The molecule has 0 aliphatic heterocycles. The van der Waals surface area contributed by atoms with Crippen molar-refractivity contribution < 1.29 is 14.6 Å². The molecule has 20 heavy (non-hydrogen) atoms. The van der Waals surface area contributed by atoms with Crippen molar-refractivity contribution in [1.29, 1.82) is 0 Å². The van der Waals surface area contributed by atoms with E-state index in [-0.39, 0.29) is 12.2 Å². The number of rotatable bonds is 4. The van der Waals surface area contributed by atoms with E-state index in [1.807, 2.05) is 20.8 Å². The summed E-state index contributed by atoms with van der Waals surface area (Å²) in [5, 5.41) is 9.09. The van der Waals surface area contributed by atoms with Crippen LogP contribution in [0.1, 0.15) is 33.1 Å². The molecular formula is C15H16N2O3. The molecule has 2 aromatic rings. The molecule has 104 valence electrons. The van der Waals surface area contributed by atoms with Gasteiger partial charge in [-0.3, -0.25) is 9.97 Å². The molecule has 0 fully saturated rings. The van der Waals surface area contributed by atoms with E-state index in [0.29, 0.717) is 11.4 Å². The van der Waals surface area contributed by atoms with E-state index in [2.05, 4.69) is 9.97 Å². The van der Waals surface area contributed by atoms with Gasteiger partial charge in [0.05, 0.1) is 22.8 Å². The number of carbonyl (C=O) groups is 1. The first-order valence-corrected chi connectivity index (χ1v) is 6.25. The predicted octanol–water partition coefficient (Wildman–Crippen LogP) is 2.68. The number of nitrogens with zero attached hydrogens (tertiary/aromatic N) is 2. The molecule has 0 bridgehead atoms. The van der Waals surface area contributed by atoms with Crippen LogP contribution in [-0.2, 0) is 6.61 Å². The fourth-order valence-electron chi connectivity index (χ4n) is 1.81. The van der Waals surface area contributed by atoms with Crippen molar-refractivity contribution in [2.75, 3.05) is 0 Å². The summed E-state index contributed by atoms with van der Waals surface area (Å²) >= 11 is 0. The lowest BCUT2D eigenvalue weighted by molar-refractivity contribution is 0.0691. The van der Waals surface area contributed by atoms with Crippen molar-refractivity contribution in [3.05, 3.63) is 52.6 Å². The van der Waals surface area contributed by atoms with Crippen molar-refractivity contribution in [2.24, 2.45) is 0 Å². The van der Waals surface area contributed by atoms with E-state index in [9.17, 15) is 4.79 Å². The summed E-state index contributed by atoms with van der Waals surface area (Å²) in [5.74, 6) is -0.678. The summed E-state index contributed by atoms with van der Waals surface area (Å²) in [6.07, 6.45) is 0. The quantitative estimate of drug-likeness (QED) is 0.926. The highest BCUT2D eigenvalue weighted by Crippen LogP contribution is 2.19. The van der Waals surface area contributed by atoms with Crippen LogP contribution in [0.15, 0.2) is 24.3 Å². The average Bonchev–Trinajstić information content (AvgIpc) is 2.41. The Morgan fingerprint density at radius 3 is 2.45 bits per heavy atom. The molecule has 5 nitrogen and oxygen atoms in total. The SMILES string of the molecule is Cc1nc(C)c(COc2ccccc2C(=O)O)nc1C. The molecule has 0 aliphatic rings. The molecule has 0 unspecified atom stereocenters. The molecule has 5 heteroatoms. The third-order valence-corrected chi connectivity index (χ3v) is 3.06. The van der Waals surface area contributed by atoms with Crippen LogP contribution >= 0.6 is 0 Å². The Labute approximate surface area is 117 Å². The standard InChI is InChI=1S/C15H16N2O3/c1-9-10(2)17-13(11(3)16-9)8-20-14-7-5-4-6-12(14)15(18)19/h4-7H,8H2,1-3H3,(H,18,19). The highest BCUT2D eigenvalue weighted by Gasteiger charge is 2.12. The highest BCUT2D eigenvalue weighted by molar-refractivity contribution is 5.90. The van der Waals surface area contributed by atoms with E-state index in [1.54, 1.807) is 18.2 Å². The molecule has 0 aliphatic carbocycles. The van der Waals surface area contributed by atoms with Gasteiger partial charge in [-0.1, -0.05) is 12.1 Å². The molecule has 1 aromatic heterocycles. The number of aromatic nitrogens is 2.